The van der Waals surface area contributed by atoms with Gasteiger partial charge in [0.1, 0.15) is 4.90 Å². The Morgan fingerprint density at radius 1 is 1.00 bits per heavy atom. The zero-order chi connectivity index (χ0) is 21.8. The third-order valence-electron chi connectivity index (χ3n) is 5.69. The van der Waals surface area contributed by atoms with Gasteiger partial charge in [-0.15, -0.1) is 0 Å². The summed E-state index contributed by atoms with van der Waals surface area (Å²) in [4.78, 5) is 14.7. The van der Waals surface area contributed by atoms with Crippen molar-refractivity contribution >= 4 is 44.6 Å². The Bertz CT molecular complexity index is 1030. The third-order valence-corrected chi connectivity index (χ3v) is 7.35. The van der Waals surface area contributed by atoms with E-state index in [9.17, 15) is 13.2 Å². The molecule has 1 saturated carbocycles. The zero-order valence-electron chi connectivity index (χ0n) is 17.1. The minimum Gasteiger partial charge on any atom is -0.378 e. The predicted molar refractivity (Wildman–Crippen MR) is 122 cm³/mol. The van der Waals surface area contributed by atoms with Crippen LogP contribution in [0.1, 0.15) is 25.7 Å². The highest BCUT2D eigenvalue weighted by atomic mass is 35.5. The molecule has 0 unspecified atom stereocenters. The minimum atomic E-state index is -3.91. The van der Waals surface area contributed by atoms with Crippen molar-refractivity contribution in [3.05, 3.63) is 47.5 Å². The van der Waals surface area contributed by atoms with Crippen molar-refractivity contribution in [1.82, 2.24) is 0 Å². The van der Waals surface area contributed by atoms with Gasteiger partial charge in [0.25, 0.3) is 10.0 Å². The number of sulfonamides is 1. The van der Waals surface area contributed by atoms with Crippen molar-refractivity contribution in [3.63, 3.8) is 0 Å². The standard InChI is InChI=1S/C22H26ClN3O4S/c23-17-5-7-18(8-6-17)25-31(28,29)21-15-19(24-22(27)16-3-1-2-4-16)9-10-20(21)26-11-13-30-14-12-26/h5-10,15-16,25H,1-4,11-14H2,(H,24,27). The average molecular weight is 464 g/mol. The number of ether oxygens (including phenoxy) is 1. The van der Waals surface area contributed by atoms with E-state index in [1.807, 2.05) is 4.90 Å². The lowest BCUT2D eigenvalue weighted by Gasteiger charge is -2.30. The van der Waals surface area contributed by atoms with Crippen LogP contribution in [0.15, 0.2) is 47.4 Å². The molecular formula is C22H26ClN3O4S. The molecular weight excluding hydrogens is 438 g/mol. The second-order valence-corrected chi connectivity index (χ2v) is 9.95. The molecule has 2 N–H and O–H groups in total. The van der Waals surface area contributed by atoms with E-state index in [2.05, 4.69) is 10.0 Å². The second kappa shape index (κ2) is 9.46. The molecule has 2 aliphatic rings. The summed E-state index contributed by atoms with van der Waals surface area (Å²) in [5, 5.41) is 3.43. The van der Waals surface area contributed by atoms with Crippen molar-refractivity contribution in [2.75, 3.05) is 41.2 Å². The van der Waals surface area contributed by atoms with Gasteiger partial charge in [-0.05, 0) is 55.3 Å². The SMILES string of the molecule is O=C(Nc1ccc(N2CCOCC2)c(S(=O)(=O)Nc2ccc(Cl)cc2)c1)C1CCCC1. The van der Waals surface area contributed by atoms with Gasteiger partial charge in [-0.2, -0.15) is 0 Å². The number of anilines is 3. The molecule has 1 aliphatic heterocycles. The van der Waals surface area contributed by atoms with Crippen LogP contribution >= 0.6 is 11.6 Å². The number of carbonyl (C=O) groups is 1. The van der Waals surface area contributed by atoms with Gasteiger partial charge in [-0.25, -0.2) is 8.42 Å². The number of morpholine rings is 1. The molecule has 9 heteroatoms. The fraction of sp³-hybridized carbons (Fsp3) is 0.409. The van der Waals surface area contributed by atoms with Gasteiger partial charge in [0.15, 0.2) is 0 Å². The molecule has 1 heterocycles. The number of amides is 1. The number of nitrogens with zero attached hydrogens (tertiary/aromatic N) is 1. The zero-order valence-corrected chi connectivity index (χ0v) is 18.7. The van der Waals surface area contributed by atoms with Gasteiger partial charge in [-0.1, -0.05) is 24.4 Å². The van der Waals surface area contributed by atoms with Crippen LogP contribution in [0.25, 0.3) is 0 Å². The van der Waals surface area contributed by atoms with Gasteiger partial charge < -0.3 is 15.0 Å². The van der Waals surface area contributed by atoms with Crippen molar-refractivity contribution in [1.29, 1.82) is 0 Å². The summed E-state index contributed by atoms with van der Waals surface area (Å²) in [7, 11) is -3.91. The summed E-state index contributed by atoms with van der Waals surface area (Å²) in [5.74, 6) is -0.0585. The maximum Gasteiger partial charge on any atom is 0.264 e. The first kappa shape index (κ1) is 21.9. The van der Waals surface area contributed by atoms with Crippen molar-refractivity contribution < 1.29 is 17.9 Å². The lowest BCUT2D eigenvalue weighted by molar-refractivity contribution is -0.119. The molecule has 2 aromatic carbocycles. The average Bonchev–Trinajstić information content (AvgIpc) is 3.31. The monoisotopic (exact) mass is 463 g/mol. The van der Waals surface area contributed by atoms with Crippen LogP contribution in [0.4, 0.5) is 17.1 Å². The third kappa shape index (κ3) is 5.31. The van der Waals surface area contributed by atoms with Crippen molar-refractivity contribution in [2.45, 2.75) is 30.6 Å². The van der Waals surface area contributed by atoms with Crippen LogP contribution in [0.3, 0.4) is 0 Å². The Kier molecular flexibility index (Phi) is 6.69. The summed E-state index contributed by atoms with van der Waals surface area (Å²) in [5.41, 5.74) is 1.48. The van der Waals surface area contributed by atoms with Crippen LogP contribution < -0.4 is 14.9 Å². The first-order chi connectivity index (χ1) is 14.9. The quantitative estimate of drug-likeness (QED) is 0.673. The number of nitrogens with one attached hydrogen (secondary N) is 2. The molecule has 4 rings (SSSR count). The molecule has 0 spiro atoms. The summed E-state index contributed by atoms with van der Waals surface area (Å²) >= 11 is 5.91. The molecule has 2 aromatic rings. The number of benzene rings is 2. The van der Waals surface area contributed by atoms with E-state index in [1.54, 1.807) is 36.4 Å². The molecule has 1 saturated heterocycles. The van der Waals surface area contributed by atoms with Gasteiger partial charge in [-0.3, -0.25) is 9.52 Å². The fourth-order valence-electron chi connectivity index (χ4n) is 4.03. The Morgan fingerprint density at radius 3 is 2.32 bits per heavy atom. The highest BCUT2D eigenvalue weighted by Gasteiger charge is 2.26. The van der Waals surface area contributed by atoms with Gasteiger partial charge in [0.2, 0.25) is 5.91 Å². The lowest BCUT2D eigenvalue weighted by atomic mass is 10.1. The van der Waals surface area contributed by atoms with E-state index < -0.39 is 10.0 Å². The van der Waals surface area contributed by atoms with Crippen molar-refractivity contribution in [3.8, 4) is 0 Å². The summed E-state index contributed by atoms with van der Waals surface area (Å²) in [6.45, 7) is 2.25. The Labute approximate surface area is 187 Å². The summed E-state index contributed by atoms with van der Waals surface area (Å²) < 4.78 is 34.7. The number of hydrogen-bond donors (Lipinski definition) is 2. The Balaban J connectivity index is 1.65. The van der Waals surface area contributed by atoms with Crippen LogP contribution in [0, 0.1) is 5.92 Å². The van der Waals surface area contributed by atoms with E-state index in [4.69, 9.17) is 16.3 Å². The normalized spacial score (nSPS) is 17.5. The topological polar surface area (TPSA) is 87.7 Å². The number of rotatable bonds is 6. The van der Waals surface area contributed by atoms with E-state index in [0.717, 1.165) is 25.7 Å². The number of hydrogen-bond acceptors (Lipinski definition) is 5. The minimum absolute atomic E-state index is 0.00818. The van der Waals surface area contributed by atoms with Crippen LogP contribution in [0.5, 0.6) is 0 Å². The molecule has 7 nitrogen and oxygen atoms in total. The van der Waals surface area contributed by atoms with Crippen LogP contribution in [-0.2, 0) is 19.6 Å². The molecule has 0 bridgehead atoms. The van der Waals surface area contributed by atoms with Gasteiger partial charge in [0.05, 0.1) is 18.9 Å². The molecule has 0 aromatic heterocycles. The van der Waals surface area contributed by atoms with E-state index in [0.29, 0.717) is 48.4 Å². The fourth-order valence-corrected chi connectivity index (χ4v) is 5.47. The highest BCUT2D eigenvalue weighted by Crippen LogP contribution is 2.32. The molecule has 31 heavy (non-hydrogen) atoms. The van der Waals surface area contributed by atoms with Crippen molar-refractivity contribution in [2.24, 2.45) is 5.92 Å². The molecule has 166 valence electrons. The van der Waals surface area contributed by atoms with E-state index in [-0.39, 0.29) is 16.7 Å². The maximum atomic E-state index is 13.3. The van der Waals surface area contributed by atoms with E-state index >= 15 is 0 Å². The van der Waals surface area contributed by atoms with Gasteiger partial charge >= 0.3 is 0 Å². The molecule has 0 radical (unpaired) electrons. The molecule has 1 amide bonds. The largest absolute Gasteiger partial charge is 0.378 e. The molecule has 0 atom stereocenters. The van der Waals surface area contributed by atoms with Crippen LogP contribution in [-0.4, -0.2) is 40.6 Å². The maximum absolute atomic E-state index is 13.3. The Hall–Kier alpha value is -2.29. The van der Waals surface area contributed by atoms with Crippen LogP contribution in [0.2, 0.25) is 5.02 Å². The lowest BCUT2D eigenvalue weighted by Crippen LogP contribution is -2.37. The first-order valence-corrected chi connectivity index (χ1v) is 12.3. The number of halogens is 1. The van der Waals surface area contributed by atoms with Gasteiger partial charge in [0, 0.05) is 35.4 Å². The molecule has 1 aliphatic carbocycles. The number of carbonyl (C=O) groups excluding carboxylic acids is 1. The summed E-state index contributed by atoms with van der Waals surface area (Å²) in [6, 6.07) is 11.5. The smallest absolute Gasteiger partial charge is 0.264 e. The Morgan fingerprint density at radius 2 is 1.65 bits per heavy atom. The second-order valence-electron chi connectivity index (χ2n) is 7.86. The first-order valence-electron chi connectivity index (χ1n) is 10.5. The molecule has 2 fully saturated rings. The highest BCUT2D eigenvalue weighted by molar-refractivity contribution is 7.92. The summed E-state index contributed by atoms with van der Waals surface area (Å²) in [6.07, 6.45) is 3.86. The predicted octanol–water partition coefficient (Wildman–Crippen LogP) is 4.11. The van der Waals surface area contributed by atoms with E-state index in [1.165, 1.54) is 6.07 Å².